The van der Waals surface area contributed by atoms with Crippen LogP contribution < -0.4 is 5.43 Å². The second-order valence-electron chi connectivity index (χ2n) is 1.80. The van der Waals surface area contributed by atoms with E-state index in [1.807, 2.05) is 0 Å². The topological polar surface area (TPSA) is 32.9 Å². The van der Waals surface area contributed by atoms with Gasteiger partial charge in [0.25, 0.3) is 0 Å². The first-order valence-corrected chi connectivity index (χ1v) is 3.12. The van der Waals surface area contributed by atoms with Crippen molar-refractivity contribution in [2.24, 2.45) is 0 Å². The van der Waals surface area contributed by atoms with Crippen LogP contribution in [0.25, 0.3) is 6.08 Å². The Bertz CT molecular complexity index is 303. The highest BCUT2D eigenvalue weighted by Gasteiger charge is 1.93. The summed E-state index contributed by atoms with van der Waals surface area (Å²) < 4.78 is 0. The Hall–Kier alpha value is -1.02. The molecule has 10 heavy (non-hydrogen) atoms. The van der Waals surface area contributed by atoms with Crippen molar-refractivity contribution < 1.29 is 0 Å². The molecule has 0 aliphatic heterocycles. The van der Waals surface area contributed by atoms with E-state index in [9.17, 15) is 4.79 Å². The third-order valence-electron chi connectivity index (χ3n) is 1.13. The lowest BCUT2D eigenvalue weighted by Crippen LogP contribution is -2.02. The summed E-state index contributed by atoms with van der Waals surface area (Å²) in [6.07, 6.45) is 3.01. The molecular formula is C7H6ClNO. The molecule has 0 aliphatic carbocycles. The average molecular weight is 156 g/mol. The van der Waals surface area contributed by atoms with Gasteiger partial charge in [-0.3, -0.25) is 4.79 Å². The number of halogens is 1. The Morgan fingerprint density at radius 2 is 2.40 bits per heavy atom. The maximum atomic E-state index is 10.9. The summed E-state index contributed by atoms with van der Waals surface area (Å²) in [5.74, 6) is 0. The fourth-order valence-corrected chi connectivity index (χ4v) is 0.771. The zero-order chi connectivity index (χ0) is 7.56. The summed E-state index contributed by atoms with van der Waals surface area (Å²) >= 11 is 5.48. The van der Waals surface area contributed by atoms with Gasteiger partial charge in [-0.05, 0) is 0 Å². The number of aromatic nitrogens is 1. The Kier molecular flexibility index (Phi) is 1.92. The predicted molar refractivity (Wildman–Crippen MR) is 42.2 cm³/mol. The number of nitrogens with one attached hydrogen (secondary N) is 1. The summed E-state index contributed by atoms with van der Waals surface area (Å²) in [5, 5.41) is 0.343. The van der Waals surface area contributed by atoms with Crippen LogP contribution >= 0.6 is 11.6 Å². The monoisotopic (exact) mass is 155 g/mol. The van der Waals surface area contributed by atoms with Gasteiger partial charge in [-0.2, -0.15) is 0 Å². The van der Waals surface area contributed by atoms with E-state index in [0.29, 0.717) is 10.7 Å². The number of hydrogen-bond donors (Lipinski definition) is 1. The van der Waals surface area contributed by atoms with Crippen LogP contribution in [0.2, 0.25) is 5.15 Å². The highest BCUT2D eigenvalue weighted by Crippen LogP contribution is 1.99. The minimum atomic E-state index is -0.112. The van der Waals surface area contributed by atoms with Gasteiger partial charge in [0, 0.05) is 17.8 Å². The highest BCUT2D eigenvalue weighted by atomic mass is 35.5. The Morgan fingerprint density at radius 3 is 2.90 bits per heavy atom. The van der Waals surface area contributed by atoms with Crippen LogP contribution in [-0.4, -0.2) is 4.98 Å². The Labute approximate surface area is 63.2 Å². The normalized spacial score (nSPS) is 9.30. The van der Waals surface area contributed by atoms with Crippen LogP contribution in [0.15, 0.2) is 23.6 Å². The van der Waals surface area contributed by atoms with Crippen molar-refractivity contribution in [3.05, 3.63) is 39.8 Å². The summed E-state index contributed by atoms with van der Waals surface area (Å²) in [6.45, 7) is 3.46. The van der Waals surface area contributed by atoms with Crippen LogP contribution in [0.1, 0.15) is 5.56 Å². The van der Waals surface area contributed by atoms with Crippen molar-refractivity contribution in [3.63, 3.8) is 0 Å². The molecule has 1 aromatic rings. The standard InChI is InChI=1S/C7H6ClNO/c1-2-5-4-9-7(8)3-6(5)10/h2-4H,1H2,(H,9,10). The zero-order valence-electron chi connectivity index (χ0n) is 5.23. The maximum absolute atomic E-state index is 10.9. The third-order valence-corrected chi connectivity index (χ3v) is 1.35. The predicted octanol–water partition coefficient (Wildman–Crippen LogP) is 1.67. The van der Waals surface area contributed by atoms with Crippen molar-refractivity contribution in [1.29, 1.82) is 0 Å². The summed E-state index contributed by atoms with van der Waals surface area (Å²) in [5.41, 5.74) is 0.420. The van der Waals surface area contributed by atoms with E-state index in [1.54, 1.807) is 0 Å². The molecule has 0 unspecified atom stereocenters. The van der Waals surface area contributed by atoms with Gasteiger partial charge in [-0.15, -0.1) is 0 Å². The van der Waals surface area contributed by atoms with Crippen LogP contribution in [-0.2, 0) is 0 Å². The molecule has 0 fully saturated rings. The van der Waals surface area contributed by atoms with Crippen molar-refractivity contribution in [1.82, 2.24) is 4.98 Å². The van der Waals surface area contributed by atoms with Gasteiger partial charge in [0.1, 0.15) is 5.15 Å². The lowest BCUT2D eigenvalue weighted by atomic mass is 10.3. The molecule has 0 spiro atoms. The fourth-order valence-electron chi connectivity index (χ4n) is 0.617. The summed E-state index contributed by atoms with van der Waals surface area (Å²) in [4.78, 5) is 13.6. The lowest BCUT2D eigenvalue weighted by molar-refractivity contribution is 1.29. The van der Waals surface area contributed by atoms with Gasteiger partial charge in [0.15, 0.2) is 5.43 Å². The molecule has 0 radical (unpaired) electrons. The third kappa shape index (κ3) is 1.28. The van der Waals surface area contributed by atoms with E-state index < -0.39 is 0 Å². The van der Waals surface area contributed by atoms with E-state index >= 15 is 0 Å². The second-order valence-corrected chi connectivity index (χ2v) is 2.21. The maximum Gasteiger partial charge on any atom is 0.190 e. The lowest BCUT2D eigenvalue weighted by Gasteiger charge is -1.90. The van der Waals surface area contributed by atoms with Crippen LogP contribution in [0.5, 0.6) is 0 Å². The molecule has 1 aromatic heterocycles. The first kappa shape index (κ1) is 7.09. The fraction of sp³-hybridized carbons (Fsp3) is 0. The van der Waals surface area contributed by atoms with Crippen LogP contribution in [0, 0.1) is 0 Å². The van der Waals surface area contributed by atoms with Crippen molar-refractivity contribution in [3.8, 4) is 0 Å². The zero-order valence-corrected chi connectivity index (χ0v) is 5.98. The summed E-state index contributed by atoms with van der Waals surface area (Å²) in [6, 6.07) is 1.32. The molecule has 0 saturated carbocycles. The molecule has 0 atom stereocenters. The van der Waals surface area contributed by atoms with E-state index in [4.69, 9.17) is 11.6 Å². The molecule has 1 N–H and O–H groups in total. The number of H-pyrrole nitrogens is 1. The molecule has 0 amide bonds. The number of hydrogen-bond acceptors (Lipinski definition) is 1. The van der Waals surface area contributed by atoms with Gasteiger partial charge >= 0.3 is 0 Å². The molecule has 1 heterocycles. The van der Waals surface area contributed by atoms with Crippen molar-refractivity contribution >= 4 is 17.7 Å². The summed E-state index contributed by atoms with van der Waals surface area (Å²) in [7, 11) is 0. The highest BCUT2D eigenvalue weighted by molar-refractivity contribution is 6.29. The van der Waals surface area contributed by atoms with Crippen molar-refractivity contribution in [2.45, 2.75) is 0 Å². The molecular weight excluding hydrogens is 150 g/mol. The van der Waals surface area contributed by atoms with E-state index in [1.165, 1.54) is 18.3 Å². The van der Waals surface area contributed by atoms with Crippen molar-refractivity contribution in [2.75, 3.05) is 0 Å². The van der Waals surface area contributed by atoms with Gasteiger partial charge in [0.05, 0.1) is 0 Å². The average Bonchev–Trinajstić information content (AvgIpc) is 1.88. The van der Waals surface area contributed by atoms with Crippen LogP contribution in [0.3, 0.4) is 0 Å². The molecule has 2 nitrogen and oxygen atoms in total. The second kappa shape index (κ2) is 2.71. The molecule has 0 saturated heterocycles. The van der Waals surface area contributed by atoms with E-state index in [-0.39, 0.29) is 5.43 Å². The molecule has 0 aliphatic rings. The van der Waals surface area contributed by atoms with Gasteiger partial charge in [0.2, 0.25) is 0 Å². The van der Waals surface area contributed by atoms with Crippen LogP contribution in [0.4, 0.5) is 0 Å². The Morgan fingerprint density at radius 1 is 1.70 bits per heavy atom. The largest absolute Gasteiger partial charge is 0.352 e. The van der Waals surface area contributed by atoms with Gasteiger partial charge in [-0.1, -0.05) is 24.3 Å². The quantitative estimate of drug-likeness (QED) is 0.615. The number of pyridine rings is 1. The van der Waals surface area contributed by atoms with E-state index in [2.05, 4.69) is 11.6 Å². The molecule has 52 valence electrons. The molecule has 1 rings (SSSR count). The minimum Gasteiger partial charge on any atom is -0.352 e. The first-order valence-electron chi connectivity index (χ1n) is 2.74. The van der Waals surface area contributed by atoms with Gasteiger partial charge in [-0.25, -0.2) is 0 Å². The molecule has 3 heteroatoms. The van der Waals surface area contributed by atoms with E-state index in [0.717, 1.165) is 0 Å². The number of rotatable bonds is 1. The first-order chi connectivity index (χ1) is 4.74. The minimum absolute atomic E-state index is 0.112. The Balaban J connectivity index is 3.33. The molecule has 0 aromatic carbocycles. The SMILES string of the molecule is C=Cc1c[nH]c(Cl)cc1=O. The number of aromatic amines is 1. The molecule has 0 bridgehead atoms. The van der Waals surface area contributed by atoms with Gasteiger partial charge < -0.3 is 4.98 Å². The smallest absolute Gasteiger partial charge is 0.190 e.